The molecular weight excluding hydrogens is 537 g/mol. The fourth-order valence-electron chi connectivity index (χ4n) is 5.88. The zero-order valence-corrected chi connectivity index (χ0v) is 22.1. The molecule has 8 nitrogen and oxygen atoms in total. The van der Waals surface area contributed by atoms with Gasteiger partial charge in [0, 0.05) is 30.8 Å². The molecule has 2 aliphatic rings. The SMILES string of the molecule is C#Cc1c(F)ccc2cc(OCOC)cc(-c3ncc4c(O)nc(OC[C@@]56CCCN5C/C(=C/F)C6)nc4c3F)c12. The van der Waals surface area contributed by atoms with Crippen molar-refractivity contribution in [2.75, 3.05) is 33.6 Å². The molecule has 2 aromatic carbocycles. The van der Waals surface area contributed by atoms with Crippen molar-refractivity contribution in [1.29, 1.82) is 0 Å². The van der Waals surface area contributed by atoms with Crippen molar-refractivity contribution in [2.24, 2.45) is 0 Å². The van der Waals surface area contributed by atoms with Gasteiger partial charge in [-0.2, -0.15) is 9.97 Å². The van der Waals surface area contributed by atoms with Gasteiger partial charge in [0.2, 0.25) is 5.88 Å². The fourth-order valence-corrected chi connectivity index (χ4v) is 5.88. The maximum absolute atomic E-state index is 16.2. The number of aromatic hydroxyl groups is 1. The van der Waals surface area contributed by atoms with E-state index in [-0.39, 0.29) is 52.5 Å². The topological polar surface area (TPSA) is 89.8 Å². The van der Waals surface area contributed by atoms with Crippen LogP contribution in [-0.2, 0) is 4.74 Å². The molecule has 0 amide bonds. The second kappa shape index (κ2) is 10.5. The highest BCUT2D eigenvalue weighted by Crippen LogP contribution is 2.42. The molecule has 4 aromatic rings. The summed E-state index contributed by atoms with van der Waals surface area (Å²) in [6.45, 7) is 1.40. The maximum atomic E-state index is 16.2. The molecule has 0 bridgehead atoms. The quantitative estimate of drug-likeness (QED) is 0.241. The van der Waals surface area contributed by atoms with Crippen molar-refractivity contribution in [3.05, 3.63) is 59.6 Å². The molecule has 2 aliphatic heterocycles. The Balaban J connectivity index is 1.45. The molecule has 2 fully saturated rings. The number of fused-ring (bicyclic) bond motifs is 3. The minimum absolute atomic E-state index is 0.0396. The number of hydrogen-bond donors (Lipinski definition) is 1. The number of rotatable bonds is 7. The lowest BCUT2D eigenvalue weighted by molar-refractivity contribution is 0.0512. The molecule has 4 heterocycles. The van der Waals surface area contributed by atoms with Crippen LogP contribution >= 0.6 is 0 Å². The Kier molecular flexibility index (Phi) is 6.89. The minimum atomic E-state index is -0.897. The number of terminal acetylenes is 1. The lowest BCUT2D eigenvalue weighted by Crippen LogP contribution is -2.43. The molecule has 11 heteroatoms. The number of benzene rings is 2. The highest BCUT2D eigenvalue weighted by molar-refractivity contribution is 6.02. The Morgan fingerprint density at radius 3 is 2.85 bits per heavy atom. The molecule has 2 aromatic heterocycles. The first-order chi connectivity index (χ1) is 19.9. The second-order valence-electron chi connectivity index (χ2n) is 10.2. The van der Waals surface area contributed by atoms with Gasteiger partial charge >= 0.3 is 6.01 Å². The van der Waals surface area contributed by atoms with Gasteiger partial charge in [0.15, 0.2) is 12.6 Å². The lowest BCUT2D eigenvalue weighted by atomic mass is 9.94. The molecule has 41 heavy (non-hydrogen) atoms. The van der Waals surface area contributed by atoms with Gasteiger partial charge in [-0.15, -0.1) is 6.42 Å². The van der Waals surface area contributed by atoms with E-state index in [1.165, 1.54) is 31.5 Å². The fraction of sp³-hybridized carbons (Fsp3) is 0.300. The molecule has 0 unspecified atom stereocenters. The molecule has 0 spiro atoms. The van der Waals surface area contributed by atoms with Gasteiger partial charge in [-0.1, -0.05) is 12.0 Å². The van der Waals surface area contributed by atoms with E-state index < -0.39 is 23.1 Å². The van der Waals surface area contributed by atoms with Crippen molar-refractivity contribution < 1.29 is 32.5 Å². The predicted molar refractivity (Wildman–Crippen MR) is 145 cm³/mol. The largest absolute Gasteiger partial charge is 0.493 e. The van der Waals surface area contributed by atoms with Crippen LogP contribution in [-0.4, -0.2) is 64.1 Å². The Hall–Kier alpha value is -4.40. The van der Waals surface area contributed by atoms with Gasteiger partial charge in [-0.3, -0.25) is 9.88 Å². The first-order valence-electron chi connectivity index (χ1n) is 12.9. The summed E-state index contributed by atoms with van der Waals surface area (Å²) in [5, 5.41) is 11.3. The minimum Gasteiger partial charge on any atom is -0.493 e. The molecule has 0 radical (unpaired) electrons. The summed E-state index contributed by atoms with van der Waals surface area (Å²) in [6, 6.07) is 5.62. The van der Waals surface area contributed by atoms with Crippen LogP contribution in [0.25, 0.3) is 32.9 Å². The lowest BCUT2D eigenvalue weighted by Gasteiger charge is -2.30. The van der Waals surface area contributed by atoms with Crippen LogP contribution in [0.2, 0.25) is 0 Å². The average molecular weight is 563 g/mol. The zero-order valence-electron chi connectivity index (χ0n) is 22.1. The molecule has 1 atom stereocenters. The third-order valence-corrected chi connectivity index (χ3v) is 7.74. The summed E-state index contributed by atoms with van der Waals surface area (Å²) in [7, 11) is 1.46. The van der Waals surface area contributed by atoms with E-state index in [1.807, 2.05) is 0 Å². The highest BCUT2D eigenvalue weighted by Gasteiger charge is 2.47. The maximum Gasteiger partial charge on any atom is 0.320 e. The van der Waals surface area contributed by atoms with Crippen molar-refractivity contribution in [3.63, 3.8) is 0 Å². The van der Waals surface area contributed by atoms with Crippen LogP contribution in [0, 0.1) is 24.0 Å². The summed E-state index contributed by atoms with van der Waals surface area (Å²) >= 11 is 0. The van der Waals surface area contributed by atoms with Crippen LogP contribution in [0.15, 0.2) is 42.4 Å². The first kappa shape index (κ1) is 26.8. The summed E-state index contributed by atoms with van der Waals surface area (Å²) in [5.41, 5.74) is -0.0626. The van der Waals surface area contributed by atoms with E-state index >= 15 is 4.39 Å². The Bertz CT molecular complexity index is 1760. The average Bonchev–Trinajstić information content (AvgIpc) is 3.52. The molecule has 0 saturated carbocycles. The van der Waals surface area contributed by atoms with Gasteiger partial charge < -0.3 is 19.3 Å². The number of hydrogen-bond acceptors (Lipinski definition) is 8. The molecule has 0 aliphatic carbocycles. The monoisotopic (exact) mass is 562 g/mol. The van der Waals surface area contributed by atoms with E-state index in [0.29, 0.717) is 36.0 Å². The van der Waals surface area contributed by atoms with E-state index in [2.05, 4.69) is 25.8 Å². The number of aromatic nitrogens is 3. The summed E-state index contributed by atoms with van der Waals surface area (Å²) in [6.07, 6.45) is 9.75. The summed E-state index contributed by atoms with van der Waals surface area (Å²) in [5.74, 6) is 0.600. The molecule has 210 valence electrons. The van der Waals surface area contributed by atoms with Crippen molar-refractivity contribution >= 4 is 21.7 Å². The second-order valence-corrected chi connectivity index (χ2v) is 10.2. The first-order valence-corrected chi connectivity index (χ1v) is 12.9. The Morgan fingerprint density at radius 1 is 1.22 bits per heavy atom. The van der Waals surface area contributed by atoms with Crippen LogP contribution in [0.4, 0.5) is 13.2 Å². The summed E-state index contributed by atoms with van der Waals surface area (Å²) in [4.78, 5) is 14.6. The smallest absolute Gasteiger partial charge is 0.320 e. The molecule has 1 N–H and O–H groups in total. The van der Waals surface area contributed by atoms with Crippen molar-refractivity contribution in [3.8, 4) is 41.2 Å². The van der Waals surface area contributed by atoms with Crippen molar-refractivity contribution in [2.45, 2.75) is 24.8 Å². The van der Waals surface area contributed by atoms with Gasteiger partial charge in [-0.05, 0) is 55.0 Å². The van der Waals surface area contributed by atoms with Crippen LogP contribution in [0.5, 0.6) is 17.6 Å². The highest BCUT2D eigenvalue weighted by atomic mass is 19.1. The number of pyridine rings is 1. The van der Waals surface area contributed by atoms with E-state index in [4.69, 9.17) is 20.6 Å². The van der Waals surface area contributed by atoms with E-state index in [0.717, 1.165) is 19.4 Å². The van der Waals surface area contributed by atoms with Gasteiger partial charge in [0.1, 0.15) is 29.4 Å². The Morgan fingerprint density at radius 2 is 2.07 bits per heavy atom. The number of halogens is 3. The van der Waals surface area contributed by atoms with E-state index in [1.54, 1.807) is 6.07 Å². The number of nitrogens with zero attached hydrogens (tertiary/aromatic N) is 4. The van der Waals surface area contributed by atoms with Crippen molar-refractivity contribution in [1.82, 2.24) is 19.9 Å². The normalized spacial score (nSPS) is 19.6. The van der Waals surface area contributed by atoms with Crippen LogP contribution in [0.1, 0.15) is 24.8 Å². The van der Waals surface area contributed by atoms with Gasteiger partial charge in [-0.25, -0.2) is 13.2 Å². The third kappa shape index (κ3) is 4.59. The predicted octanol–water partition coefficient (Wildman–Crippen LogP) is 5.26. The van der Waals surface area contributed by atoms with Gasteiger partial charge in [0.25, 0.3) is 0 Å². The molecule has 6 rings (SSSR count). The van der Waals surface area contributed by atoms with Crippen LogP contribution < -0.4 is 9.47 Å². The standard InChI is InChI=1S/C30H25F3N4O4/c1-3-20-23(32)6-5-18-9-19(41-16-39-2)10-21(24(18)20)26-25(33)27-22(13-34-26)28(38)36-29(35-27)40-15-30-7-4-8-37(30)14-17(11-30)12-31/h1,5-6,9-10,12-13H,4,7-8,11,14-16H2,2H3,(H,35,36,38)/b17-12+/t30-/m0/s1. The molecule has 2 saturated heterocycles. The molecular formula is C30H25F3N4O4. The van der Waals surface area contributed by atoms with Gasteiger partial charge in [0.05, 0.1) is 22.8 Å². The Labute approximate surface area is 233 Å². The number of methoxy groups -OCH3 is 1. The summed E-state index contributed by atoms with van der Waals surface area (Å²) < 4.78 is 60.7. The third-order valence-electron chi connectivity index (χ3n) is 7.74. The van der Waals surface area contributed by atoms with Crippen LogP contribution in [0.3, 0.4) is 0 Å². The zero-order chi connectivity index (χ0) is 28.7. The van der Waals surface area contributed by atoms with E-state index in [9.17, 15) is 13.9 Å². The number of ether oxygens (including phenoxy) is 3.